The number of rotatable bonds is 28. The first-order chi connectivity index (χ1) is 25.5. The summed E-state index contributed by atoms with van der Waals surface area (Å²) in [5.41, 5.74) is 6.26. The summed E-state index contributed by atoms with van der Waals surface area (Å²) in [6, 6.07) is 4.09. The molecule has 0 saturated carbocycles. The molecule has 0 fully saturated rings. The molecule has 0 bridgehead atoms. The smallest absolute Gasteiger partial charge is 0.138 e. The van der Waals surface area contributed by atoms with E-state index in [1.54, 1.807) is 0 Å². The van der Waals surface area contributed by atoms with E-state index in [2.05, 4.69) is 96.4 Å². The fraction of sp³-hybridized carbons (Fsp3) is 0.714. The summed E-state index contributed by atoms with van der Waals surface area (Å²) in [5.74, 6) is 1.96. The monoisotopic (exact) mass is 976 g/mol. The molecule has 292 valence electrons. The third kappa shape index (κ3) is 17.3. The molecular formula is C42H66I2N4O2S2. The molecule has 2 heterocycles. The van der Waals surface area contributed by atoms with Crippen molar-refractivity contribution in [1.29, 1.82) is 0 Å². The Morgan fingerprint density at radius 3 is 1.35 bits per heavy atom. The number of aryl methyl sites for hydroxylation is 1. The van der Waals surface area contributed by atoms with Crippen molar-refractivity contribution in [3.63, 3.8) is 0 Å². The van der Waals surface area contributed by atoms with Crippen LogP contribution in [-0.4, -0.2) is 30.7 Å². The van der Waals surface area contributed by atoms with E-state index in [-0.39, 0.29) is 0 Å². The summed E-state index contributed by atoms with van der Waals surface area (Å²) >= 11 is 7.26. The van der Waals surface area contributed by atoms with Gasteiger partial charge in [-0.3, -0.25) is 0 Å². The van der Waals surface area contributed by atoms with Gasteiger partial charge in [0.25, 0.3) is 0 Å². The van der Waals surface area contributed by atoms with Crippen molar-refractivity contribution < 1.29 is 9.47 Å². The molecule has 0 N–H and O–H groups in total. The van der Waals surface area contributed by atoms with Crippen LogP contribution in [0, 0.1) is 21.0 Å². The number of benzene rings is 2. The molecule has 4 aromatic rings. The quantitative estimate of drug-likeness (QED) is 0.0417. The molecule has 0 radical (unpaired) electrons. The lowest BCUT2D eigenvalue weighted by atomic mass is 10.1. The Morgan fingerprint density at radius 2 is 0.865 bits per heavy atom. The largest absolute Gasteiger partial charge is 0.493 e. The van der Waals surface area contributed by atoms with Crippen LogP contribution in [0.15, 0.2) is 12.1 Å². The molecule has 0 aliphatic rings. The molecule has 0 saturated heterocycles. The van der Waals surface area contributed by atoms with Crippen LogP contribution in [0.25, 0.3) is 22.1 Å². The van der Waals surface area contributed by atoms with Crippen LogP contribution in [-0.2, 0) is 0 Å². The van der Waals surface area contributed by atoms with Crippen LogP contribution in [0.3, 0.4) is 0 Å². The number of fused-ring (bicyclic) bond motifs is 2. The molecule has 0 aliphatic heterocycles. The van der Waals surface area contributed by atoms with E-state index in [0.717, 1.165) is 68.8 Å². The first-order valence-corrected chi connectivity index (χ1v) is 24.2. The zero-order valence-corrected chi connectivity index (χ0v) is 38.7. The van der Waals surface area contributed by atoms with Crippen LogP contribution >= 0.6 is 68.6 Å². The minimum Gasteiger partial charge on any atom is -0.493 e. The summed E-state index contributed by atoms with van der Waals surface area (Å²) in [6.07, 6.45) is 32.9. The predicted molar refractivity (Wildman–Crippen MR) is 243 cm³/mol. The predicted octanol–water partition coefficient (Wildman–Crippen LogP) is 15.4. The number of hydrogen-bond acceptors (Lipinski definition) is 8. The van der Waals surface area contributed by atoms with Gasteiger partial charge in [-0.2, -0.15) is 17.5 Å². The highest BCUT2D eigenvalue weighted by atomic mass is 127. The molecule has 0 spiro atoms. The Morgan fingerprint density at radius 1 is 0.481 bits per heavy atom. The third-order valence-electron chi connectivity index (χ3n) is 9.82. The number of unbranched alkanes of at least 4 members (excludes halogenated alkanes) is 22. The van der Waals surface area contributed by atoms with Gasteiger partial charge in [0.2, 0.25) is 0 Å². The summed E-state index contributed by atoms with van der Waals surface area (Å²) < 4.78 is 31.8. The molecule has 0 amide bonds. The standard InChI is InChI=1S/C21H32I2N2OS.C21H34N2OS/c1-3-4-5-6-7-8-9-10-11-12-13-14-15-26-21-16(2)17(22)19-20(18(21)23)25-27-24-19;1-3-4-5-6-7-8-9-10-11-12-13-14-15-24-21-17-20-19(16-18(21)2)22-25-23-20/h3-15H2,1-2H3;16-17H,3-15H2,1-2H3. The SMILES string of the molecule is CCCCCCCCCCCCCCOc1c(C)c(I)c2nsnc2c1I.CCCCCCCCCCCCCCOc1cc2nsnc2cc1C. The maximum atomic E-state index is 6.14. The highest BCUT2D eigenvalue weighted by Crippen LogP contribution is 2.36. The first kappa shape index (κ1) is 45.5. The third-order valence-corrected chi connectivity index (χ3v) is 13.2. The molecule has 0 aliphatic carbocycles. The van der Waals surface area contributed by atoms with Gasteiger partial charge >= 0.3 is 0 Å². The van der Waals surface area contributed by atoms with Gasteiger partial charge in [-0.1, -0.05) is 155 Å². The molecule has 52 heavy (non-hydrogen) atoms. The Hall–Kier alpha value is -0.860. The highest BCUT2D eigenvalue weighted by Gasteiger charge is 2.18. The van der Waals surface area contributed by atoms with E-state index in [1.807, 2.05) is 6.07 Å². The zero-order valence-electron chi connectivity index (χ0n) is 32.7. The molecular weight excluding hydrogens is 910 g/mol. The topological polar surface area (TPSA) is 70.0 Å². The van der Waals surface area contributed by atoms with Crippen molar-refractivity contribution in [2.24, 2.45) is 0 Å². The normalized spacial score (nSPS) is 11.3. The Labute approximate surface area is 351 Å². The van der Waals surface area contributed by atoms with Crippen molar-refractivity contribution in [1.82, 2.24) is 17.5 Å². The van der Waals surface area contributed by atoms with Gasteiger partial charge in [-0.05, 0) is 83.5 Å². The lowest BCUT2D eigenvalue weighted by Crippen LogP contribution is -2.03. The number of hydrogen-bond donors (Lipinski definition) is 0. The molecule has 10 heteroatoms. The lowest BCUT2D eigenvalue weighted by molar-refractivity contribution is 0.300. The van der Waals surface area contributed by atoms with Gasteiger partial charge in [-0.15, -0.1) is 0 Å². The van der Waals surface area contributed by atoms with Gasteiger partial charge in [0.1, 0.15) is 33.6 Å². The van der Waals surface area contributed by atoms with Gasteiger partial charge in [0.15, 0.2) is 0 Å². The summed E-state index contributed by atoms with van der Waals surface area (Å²) in [4.78, 5) is 0. The number of halogens is 2. The van der Waals surface area contributed by atoms with Crippen molar-refractivity contribution in [3.8, 4) is 11.5 Å². The lowest BCUT2D eigenvalue weighted by Gasteiger charge is -2.13. The van der Waals surface area contributed by atoms with E-state index >= 15 is 0 Å². The number of ether oxygens (including phenoxy) is 2. The van der Waals surface area contributed by atoms with Crippen LogP contribution in [0.1, 0.15) is 179 Å². The van der Waals surface area contributed by atoms with Gasteiger partial charge < -0.3 is 9.47 Å². The van der Waals surface area contributed by atoms with E-state index in [4.69, 9.17) is 9.47 Å². The van der Waals surface area contributed by atoms with E-state index in [0.29, 0.717) is 0 Å². The maximum Gasteiger partial charge on any atom is 0.138 e. The Bertz CT molecular complexity index is 1510. The van der Waals surface area contributed by atoms with E-state index < -0.39 is 0 Å². The summed E-state index contributed by atoms with van der Waals surface area (Å²) in [5, 5.41) is 0. The molecule has 4 rings (SSSR count). The second-order valence-electron chi connectivity index (χ2n) is 14.4. The zero-order chi connectivity index (χ0) is 37.2. The average Bonchev–Trinajstić information content (AvgIpc) is 3.83. The number of nitrogens with zero attached hydrogens (tertiary/aromatic N) is 4. The van der Waals surface area contributed by atoms with E-state index in [9.17, 15) is 0 Å². The Kier molecular flexibility index (Phi) is 25.0. The van der Waals surface area contributed by atoms with Crippen LogP contribution < -0.4 is 9.47 Å². The Balaban J connectivity index is 0.000000281. The van der Waals surface area contributed by atoms with Crippen molar-refractivity contribution >= 4 is 90.7 Å². The molecule has 2 aromatic heterocycles. The molecule has 2 aromatic carbocycles. The second kappa shape index (κ2) is 28.5. The second-order valence-corrected chi connectivity index (χ2v) is 17.6. The first-order valence-electron chi connectivity index (χ1n) is 20.6. The minimum absolute atomic E-state index is 0.799. The summed E-state index contributed by atoms with van der Waals surface area (Å²) in [6.45, 7) is 10.4. The summed E-state index contributed by atoms with van der Waals surface area (Å²) in [7, 11) is 0. The van der Waals surface area contributed by atoms with Crippen molar-refractivity contribution in [2.75, 3.05) is 13.2 Å². The minimum atomic E-state index is 0.799. The van der Waals surface area contributed by atoms with Crippen LogP contribution in [0.5, 0.6) is 11.5 Å². The van der Waals surface area contributed by atoms with Gasteiger partial charge in [0.05, 0.1) is 40.2 Å². The fourth-order valence-electron chi connectivity index (χ4n) is 6.51. The van der Waals surface area contributed by atoms with Crippen LogP contribution in [0.2, 0.25) is 0 Å². The van der Waals surface area contributed by atoms with Crippen molar-refractivity contribution in [2.45, 2.75) is 182 Å². The van der Waals surface area contributed by atoms with Gasteiger partial charge in [-0.25, -0.2) is 0 Å². The van der Waals surface area contributed by atoms with Crippen LogP contribution in [0.4, 0.5) is 0 Å². The molecule has 0 atom stereocenters. The van der Waals surface area contributed by atoms with E-state index in [1.165, 1.54) is 174 Å². The highest BCUT2D eigenvalue weighted by molar-refractivity contribution is 14.1. The fourth-order valence-corrected chi connectivity index (χ4v) is 9.47. The van der Waals surface area contributed by atoms with Gasteiger partial charge in [0, 0.05) is 15.2 Å². The number of aromatic nitrogens is 4. The average molecular weight is 977 g/mol. The molecule has 6 nitrogen and oxygen atoms in total. The van der Waals surface area contributed by atoms with Crippen molar-refractivity contribution in [3.05, 3.63) is 30.4 Å². The maximum absolute atomic E-state index is 6.14. The molecule has 0 unspecified atom stereocenters.